The Morgan fingerprint density at radius 2 is 2.18 bits per heavy atom. The Balaban J connectivity index is 3.20. The summed E-state index contributed by atoms with van der Waals surface area (Å²) in [5, 5.41) is 0.533. The summed E-state index contributed by atoms with van der Waals surface area (Å²) in [5.74, 6) is 0. The first-order valence-electron chi connectivity index (χ1n) is 2.67. The third-order valence-corrected chi connectivity index (χ3v) is 2.97. The van der Waals surface area contributed by atoms with Gasteiger partial charge >= 0.3 is 0 Å². The normalized spacial score (nSPS) is 13.0. The molecular weight excluding hydrogens is 251 g/mol. The molecule has 1 aromatic rings. The summed E-state index contributed by atoms with van der Waals surface area (Å²) in [7, 11) is 0. The zero-order valence-corrected chi connectivity index (χ0v) is 8.41. The molecule has 60 valence electrons. The fraction of sp³-hybridized carbons (Fsp3) is 0. The number of hydrogen-bond donors (Lipinski definition) is 1. The van der Waals surface area contributed by atoms with Gasteiger partial charge in [-0.25, -0.2) is 4.21 Å². The average molecular weight is 256 g/mol. The topological polar surface area (TPSA) is 37.3 Å². The molecule has 0 amide bonds. The van der Waals surface area contributed by atoms with E-state index in [0.29, 0.717) is 14.4 Å². The largest absolute Gasteiger partial charge is 0.302 e. The molecule has 5 heteroatoms. The van der Waals surface area contributed by atoms with Gasteiger partial charge in [-0.1, -0.05) is 11.6 Å². The first-order chi connectivity index (χ1) is 5.11. The molecule has 1 aromatic carbocycles. The van der Waals surface area contributed by atoms with Crippen molar-refractivity contribution < 1.29 is 8.76 Å². The molecule has 0 saturated heterocycles. The molecule has 0 aromatic heterocycles. The van der Waals surface area contributed by atoms with Crippen LogP contribution < -0.4 is 0 Å². The maximum atomic E-state index is 10.6. The van der Waals surface area contributed by atoms with Crippen LogP contribution in [0.25, 0.3) is 0 Å². The molecule has 0 aliphatic carbocycles. The van der Waals surface area contributed by atoms with Crippen LogP contribution in [0.5, 0.6) is 0 Å². The van der Waals surface area contributed by atoms with Crippen LogP contribution in [0, 0.1) is 0 Å². The highest BCUT2D eigenvalue weighted by atomic mass is 79.9. The van der Waals surface area contributed by atoms with Crippen LogP contribution in [0.4, 0.5) is 0 Å². The highest BCUT2D eigenvalue weighted by Crippen LogP contribution is 2.23. The van der Waals surface area contributed by atoms with E-state index >= 15 is 0 Å². The predicted molar refractivity (Wildman–Crippen MR) is 48.2 cm³/mol. The fourth-order valence-electron chi connectivity index (χ4n) is 0.617. The van der Waals surface area contributed by atoms with Gasteiger partial charge in [-0.2, -0.15) is 0 Å². The first-order valence-corrected chi connectivity index (χ1v) is 4.95. The van der Waals surface area contributed by atoms with Crippen LogP contribution >= 0.6 is 27.5 Å². The zero-order valence-electron chi connectivity index (χ0n) is 5.25. The molecule has 0 spiro atoms. The molecule has 0 heterocycles. The third kappa shape index (κ3) is 2.27. The van der Waals surface area contributed by atoms with E-state index in [0.717, 1.165) is 0 Å². The van der Waals surface area contributed by atoms with Gasteiger partial charge < -0.3 is 4.55 Å². The van der Waals surface area contributed by atoms with E-state index in [4.69, 9.17) is 16.2 Å². The Labute approximate surface area is 80.0 Å². The summed E-state index contributed by atoms with van der Waals surface area (Å²) >= 11 is 6.77. The molecule has 0 fully saturated rings. The minimum absolute atomic E-state index is 0.328. The Morgan fingerprint density at radius 1 is 1.55 bits per heavy atom. The van der Waals surface area contributed by atoms with Crippen molar-refractivity contribution in [3.63, 3.8) is 0 Å². The summed E-state index contributed by atoms with van der Waals surface area (Å²) in [4.78, 5) is 0.328. The van der Waals surface area contributed by atoms with Gasteiger partial charge in [0, 0.05) is 9.50 Å². The quantitative estimate of drug-likeness (QED) is 0.784. The Kier molecular flexibility index (Phi) is 3.06. The molecule has 0 aliphatic heterocycles. The van der Waals surface area contributed by atoms with Gasteiger partial charge in [-0.3, -0.25) is 0 Å². The van der Waals surface area contributed by atoms with Crippen LogP contribution in [0.1, 0.15) is 0 Å². The van der Waals surface area contributed by atoms with Gasteiger partial charge in [0.1, 0.15) is 0 Å². The minimum Gasteiger partial charge on any atom is -0.302 e. The second kappa shape index (κ2) is 3.67. The summed E-state index contributed by atoms with van der Waals surface area (Å²) in [6.07, 6.45) is 0. The molecule has 1 N–H and O–H groups in total. The molecule has 2 nitrogen and oxygen atoms in total. The summed E-state index contributed by atoms with van der Waals surface area (Å²) in [6.45, 7) is 0. The van der Waals surface area contributed by atoms with Gasteiger partial charge in [0.2, 0.25) is 0 Å². The molecule has 1 rings (SSSR count). The summed E-state index contributed by atoms with van der Waals surface area (Å²) in [5.41, 5.74) is 0. The van der Waals surface area contributed by atoms with Crippen LogP contribution in [0.3, 0.4) is 0 Å². The molecule has 0 saturated carbocycles. The zero-order chi connectivity index (χ0) is 8.43. The van der Waals surface area contributed by atoms with Crippen molar-refractivity contribution in [2.45, 2.75) is 4.90 Å². The molecule has 0 bridgehead atoms. The Morgan fingerprint density at radius 3 is 2.64 bits per heavy atom. The lowest BCUT2D eigenvalue weighted by molar-refractivity contribution is 0.564. The minimum atomic E-state index is -1.95. The number of halogens is 2. The lowest BCUT2D eigenvalue weighted by atomic mass is 10.4. The molecular formula is C6H4BrClO2S. The highest BCUT2D eigenvalue weighted by molar-refractivity contribution is 9.10. The maximum Gasteiger partial charge on any atom is 0.187 e. The van der Waals surface area contributed by atoms with Crippen molar-refractivity contribution in [3.8, 4) is 0 Å². The first kappa shape index (κ1) is 9.19. The second-order valence-corrected chi connectivity index (χ2v) is 4.05. The summed E-state index contributed by atoms with van der Waals surface area (Å²) < 4.78 is 19.8. The van der Waals surface area contributed by atoms with Crippen molar-refractivity contribution in [2.75, 3.05) is 0 Å². The Bertz CT molecular complexity index is 303. The van der Waals surface area contributed by atoms with Gasteiger partial charge in [-0.05, 0) is 34.1 Å². The van der Waals surface area contributed by atoms with Crippen molar-refractivity contribution in [1.29, 1.82) is 0 Å². The van der Waals surface area contributed by atoms with Gasteiger partial charge in [0.25, 0.3) is 0 Å². The average Bonchev–Trinajstić information content (AvgIpc) is 1.85. The highest BCUT2D eigenvalue weighted by Gasteiger charge is 2.04. The molecule has 0 aliphatic rings. The lowest BCUT2D eigenvalue weighted by Crippen LogP contribution is -1.88. The maximum absolute atomic E-state index is 10.6. The van der Waals surface area contributed by atoms with Crippen LogP contribution in [-0.2, 0) is 11.1 Å². The van der Waals surface area contributed by atoms with E-state index in [9.17, 15) is 4.21 Å². The van der Waals surface area contributed by atoms with Crippen LogP contribution in [0.2, 0.25) is 5.02 Å². The monoisotopic (exact) mass is 254 g/mol. The number of benzene rings is 1. The molecule has 0 radical (unpaired) electrons. The van der Waals surface area contributed by atoms with Gasteiger partial charge in [0.05, 0.1) is 4.90 Å². The van der Waals surface area contributed by atoms with Crippen LogP contribution in [-0.4, -0.2) is 8.76 Å². The van der Waals surface area contributed by atoms with Crippen molar-refractivity contribution in [3.05, 3.63) is 27.7 Å². The SMILES string of the molecule is O=S(O)c1ccc(Cl)cc1Br. The summed E-state index contributed by atoms with van der Waals surface area (Å²) in [6, 6.07) is 4.64. The molecule has 1 unspecified atom stereocenters. The van der Waals surface area contributed by atoms with E-state index in [-0.39, 0.29) is 0 Å². The fourth-order valence-corrected chi connectivity index (χ4v) is 2.13. The van der Waals surface area contributed by atoms with E-state index in [1.807, 2.05) is 0 Å². The lowest BCUT2D eigenvalue weighted by Gasteiger charge is -1.98. The van der Waals surface area contributed by atoms with E-state index < -0.39 is 11.1 Å². The number of hydrogen-bond acceptors (Lipinski definition) is 1. The third-order valence-electron chi connectivity index (χ3n) is 1.08. The van der Waals surface area contributed by atoms with Crippen molar-refractivity contribution in [1.82, 2.24) is 0 Å². The molecule has 1 atom stereocenters. The second-order valence-electron chi connectivity index (χ2n) is 1.82. The number of rotatable bonds is 1. The standard InChI is InChI=1S/C6H4BrClO2S/c7-5-3-4(8)1-2-6(5)11(9)10/h1-3H,(H,9,10). The van der Waals surface area contributed by atoms with E-state index in [1.54, 1.807) is 12.1 Å². The van der Waals surface area contributed by atoms with Gasteiger partial charge in [0.15, 0.2) is 11.1 Å². The van der Waals surface area contributed by atoms with Crippen molar-refractivity contribution in [2.24, 2.45) is 0 Å². The van der Waals surface area contributed by atoms with Crippen molar-refractivity contribution >= 4 is 38.6 Å². The predicted octanol–water partition coefficient (Wildman–Crippen LogP) is 2.68. The molecule has 11 heavy (non-hydrogen) atoms. The smallest absolute Gasteiger partial charge is 0.187 e. The van der Waals surface area contributed by atoms with E-state index in [2.05, 4.69) is 15.9 Å². The van der Waals surface area contributed by atoms with Crippen LogP contribution in [0.15, 0.2) is 27.6 Å². The Hall–Kier alpha value is 0.1000. The van der Waals surface area contributed by atoms with Gasteiger partial charge in [-0.15, -0.1) is 0 Å². The van der Waals surface area contributed by atoms with E-state index in [1.165, 1.54) is 6.07 Å².